The van der Waals surface area contributed by atoms with Gasteiger partial charge in [0.2, 0.25) is 5.91 Å². The summed E-state index contributed by atoms with van der Waals surface area (Å²) in [4.78, 5) is 50.3. The van der Waals surface area contributed by atoms with Crippen molar-refractivity contribution in [1.29, 1.82) is 0 Å². The number of benzene rings is 2. The molecule has 3 rings (SSSR count). The van der Waals surface area contributed by atoms with Crippen LogP contribution in [0.25, 0.3) is 5.69 Å². The Bertz CT molecular complexity index is 1140. The summed E-state index contributed by atoms with van der Waals surface area (Å²) in [5.41, 5.74) is 7.14. The molecular formula is C21H21N5O4. The first-order chi connectivity index (χ1) is 14.4. The van der Waals surface area contributed by atoms with Crippen LogP contribution in [0.15, 0.2) is 59.5 Å². The highest BCUT2D eigenvalue weighted by Gasteiger charge is 2.14. The molecule has 0 spiro atoms. The second kappa shape index (κ2) is 8.91. The van der Waals surface area contributed by atoms with Gasteiger partial charge in [-0.15, -0.1) is 0 Å². The predicted molar refractivity (Wildman–Crippen MR) is 112 cm³/mol. The molecule has 3 amide bonds. The molecule has 5 N–H and O–H groups in total. The largest absolute Gasteiger partial charge is 0.370 e. The molecule has 0 aliphatic carbocycles. The van der Waals surface area contributed by atoms with E-state index in [4.69, 9.17) is 5.73 Å². The van der Waals surface area contributed by atoms with Gasteiger partial charge in [-0.3, -0.25) is 19.0 Å². The Morgan fingerprint density at radius 3 is 2.37 bits per heavy atom. The van der Waals surface area contributed by atoms with Gasteiger partial charge in [-0.25, -0.2) is 4.79 Å². The van der Waals surface area contributed by atoms with Crippen molar-refractivity contribution in [3.63, 3.8) is 0 Å². The van der Waals surface area contributed by atoms with Crippen molar-refractivity contribution in [2.45, 2.75) is 13.3 Å². The number of anilines is 1. The topological polar surface area (TPSA) is 139 Å². The summed E-state index contributed by atoms with van der Waals surface area (Å²) in [6.07, 6.45) is 1.63. The highest BCUT2D eigenvalue weighted by atomic mass is 16.2. The van der Waals surface area contributed by atoms with Crippen molar-refractivity contribution in [2.24, 2.45) is 5.73 Å². The standard InChI is InChI=1S/C21H21N5O4/c1-13-12-24-21(30)26(13)15-8-6-14(7-9-15)19(28)25-17-5-3-2-4-16(17)20(29)23-11-10-18(22)27/h2-9,12H,10-11H2,1H3,(H2,22,27)(H,23,29)(H,24,30)(H,25,28). The summed E-state index contributed by atoms with van der Waals surface area (Å²) >= 11 is 0. The van der Waals surface area contributed by atoms with E-state index >= 15 is 0 Å². The fraction of sp³-hybridized carbons (Fsp3) is 0.143. The highest BCUT2D eigenvalue weighted by Crippen LogP contribution is 2.17. The molecule has 2 aromatic carbocycles. The number of aromatic nitrogens is 2. The second-order valence-corrected chi connectivity index (χ2v) is 6.59. The Balaban J connectivity index is 1.74. The first kappa shape index (κ1) is 20.6. The monoisotopic (exact) mass is 407 g/mol. The number of rotatable bonds is 7. The molecule has 9 heteroatoms. The van der Waals surface area contributed by atoms with Gasteiger partial charge in [0.1, 0.15) is 0 Å². The number of nitrogens with zero attached hydrogens (tertiary/aromatic N) is 1. The maximum atomic E-state index is 12.6. The molecule has 9 nitrogen and oxygen atoms in total. The van der Waals surface area contributed by atoms with E-state index in [0.717, 1.165) is 5.69 Å². The molecule has 3 aromatic rings. The summed E-state index contributed by atoms with van der Waals surface area (Å²) in [5.74, 6) is -1.35. The maximum absolute atomic E-state index is 12.6. The van der Waals surface area contributed by atoms with Crippen molar-refractivity contribution in [1.82, 2.24) is 14.9 Å². The Morgan fingerprint density at radius 1 is 1.03 bits per heavy atom. The minimum Gasteiger partial charge on any atom is -0.370 e. The van der Waals surface area contributed by atoms with Crippen LogP contribution in [0.5, 0.6) is 0 Å². The number of nitrogens with two attached hydrogens (primary N) is 1. The molecule has 0 fully saturated rings. The SMILES string of the molecule is Cc1c[nH]c(=O)n1-c1ccc(C(=O)Nc2ccccc2C(=O)NCCC(N)=O)cc1. The third-order valence-corrected chi connectivity index (χ3v) is 4.42. The van der Waals surface area contributed by atoms with Gasteiger partial charge in [0, 0.05) is 30.4 Å². The lowest BCUT2D eigenvalue weighted by Gasteiger charge is -2.12. The van der Waals surface area contributed by atoms with Gasteiger partial charge in [0.05, 0.1) is 16.9 Å². The van der Waals surface area contributed by atoms with E-state index in [0.29, 0.717) is 16.9 Å². The van der Waals surface area contributed by atoms with Crippen molar-refractivity contribution < 1.29 is 14.4 Å². The molecule has 0 saturated carbocycles. The molecular weight excluding hydrogens is 386 g/mol. The van der Waals surface area contributed by atoms with E-state index in [-0.39, 0.29) is 24.2 Å². The quantitative estimate of drug-likeness (QED) is 0.469. The predicted octanol–water partition coefficient (Wildman–Crippen LogP) is 1.33. The van der Waals surface area contributed by atoms with Gasteiger partial charge >= 0.3 is 5.69 Å². The van der Waals surface area contributed by atoms with Crippen LogP contribution in [0.3, 0.4) is 0 Å². The van der Waals surface area contributed by atoms with Crippen molar-refractivity contribution in [3.05, 3.63) is 82.0 Å². The normalized spacial score (nSPS) is 10.4. The lowest BCUT2D eigenvalue weighted by molar-refractivity contribution is -0.117. The van der Waals surface area contributed by atoms with Crippen LogP contribution in [0.2, 0.25) is 0 Å². The van der Waals surface area contributed by atoms with Crippen LogP contribution in [0, 0.1) is 6.92 Å². The van der Waals surface area contributed by atoms with Crippen molar-refractivity contribution >= 4 is 23.4 Å². The first-order valence-electron chi connectivity index (χ1n) is 9.21. The number of para-hydroxylation sites is 1. The van der Waals surface area contributed by atoms with Gasteiger partial charge in [-0.1, -0.05) is 12.1 Å². The van der Waals surface area contributed by atoms with Crippen molar-refractivity contribution in [3.8, 4) is 5.69 Å². The summed E-state index contributed by atoms with van der Waals surface area (Å²) in [7, 11) is 0. The average molecular weight is 407 g/mol. The molecule has 0 saturated heterocycles. The Hall–Kier alpha value is -4.14. The summed E-state index contributed by atoms with van der Waals surface area (Å²) in [6.45, 7) is 1.90. The smallest absolute Gasteiger partial charge is 0.330 e. The van der Waals surface area contributed by atoms with Crippen LogP contribution in [-0.4, -0.2) is 33.8 Å². The molecule has 0 bridgehead atoms. The number of hydrogen-bond acceptors (Lipinski definition) is 4. The number of amides is 3. The Morgan fingerprint density at radius 2 is 1.73 bits per heavy atom. The van der Waals surface area contributed by atoms with E-state index < -0.39 is 17.7 Å². The fourth-order valence-electron chi connectivity index (χ4n) is 2.92. The first-order valence-corrected chi connectivity index (χ1v) is 9.21. The molecule has 154 valence electrons. The lowest BCUT2D eigenvalue weighted by atomic mass is 10.1. The van der Waals surface area contributed by atoms with Crippen LogP contribution < -0.4 is 22.1 Å². The number of hydrogen-bond donors (Lipinski definition) is 4. The lowest BCUT2D eigenvalue weighted by Crippen LogP contribution is -2.28. The minimum atomic E-state index is -0.516. The zero-order chi connectivity index (χ0) is 21.7. The number of aromatic amines is 1. The zero-order valence-corrected chi connectivity index (χ0v) is 16.3. The number of nitrogens with one attached hydrogen (secondary N) is 3. The maximum Gasteiger partial charge on any atom is 0.330 e. The Labute approximate surface area is 171 Å². The number of carbonyl (C=O) groups excluding carboxylic acids is 3. The van der Waals surface area contributed by atoms with E-state index in [1.54, 1.807) is 61.7 Å². The Kier molecular flexibility index (Phi) is 6.11. The molecule has 1 aromatic heterocycles. The van der Waals surface area contributed by atoms with E-state index in [1.165, 1.54) is 4.57 Å². The number of aryl methyl sites for hydroxylation is 1. The van der Waals surface area contributed by atoms with Crippen LogP contribution in [0.4, 0.5) is 5.69 Å². The molecule has 0 unspecified atom stereocenters. The van der Waals surface area contributed by atoms with Gasteiger partial charge in [0.15, 0.2) is 0 Å². The van der Waals surface area contributed by atoms with Crippen LogP contribution in [0.1, 0.15) is 32.8 Å². The molecule has 0 radical (unpaired) electrons. The van der Waals surface area contributed by atoms with E-state index in [2.05, 4.69) is 15.6 Å². The molecule has 30 heavy (non-hydrogen) atoms. The number of H-pyrrole nitrogens is 1. The van der Waals surface area contributed by atoms with Gasteiger partial charge < -0.3 is 21.4 Å². The molecule has 0 aliphatic heterocycles. The van der Waals surface area contributed by atoms with Gasteiger partial charge in [-0.2, -0.15) is 0 Å². The number of imidazole rings is 1. The third-order valence-electron chi connectivity index (χ3n) is 4.42. The number of carbonyl (C=O) groups is 3. The molecule has 0 atom stereocenters. The van der Waals surface area contributed by atoms with Crippen LogP contribution >= 0.6 is 0 Å². The highest BCUT2D eigenvalue weighted by molar-refractivity contribution is 6.09. The average Bonchev–Trinajstić information content (AvgIpc) is 3.06. The van der Waals surface area contributed by atoms with Gasteiger partial charge in [0.25, 0.3) is 11.8 Å². The second-order valence-electron chi connectivity index (χ2n) is 6.59. The summed E-state index contributed by atoms with van der Waals surface area (Å²) in [6, 6.07) is 13.1. The molecule has 0 aliphatic rings. The van der Waals surface area contributed by atoms with E-state index in [1.807, 2.05) is 0 Å². The van der Waals surface area contributed by atoms with Gasteiger partial charge in [-0.05, 0) is 43.3 Å². The summed E-state index contributed by atoms with van der Waals surface area (Å²) < 4.78 is 1.49. The van der Waals surface area contributed by atoms with Crippen molar-refractivity contribution in [2.75, 3.05) is 11.9 Å². The minimum absolute atomic E-state index is 0.0241. The van der Waals surface area contributed by atoms with E-state index in [9.17, 15) is 19.2 Å². The summed E-state index contributed by atoms with van der Waals surface area (Å²) in [5, 5.41) is 5.31. The third kappa shape index (κ3) is 4.64. The van der Waals surface area contributed by atoms with Crippen LogP contribution in [-0.2, 0) is 4.79 Å². The molecule has 1 heterocycles. The zero-order valence-electron chi connectivity index (χ0n) is 16.3. The number of primary amides is 1. The fourth-order valence-corrected chi connectivity index (χ4v) is 2.92.